The monoisotopic (exact) mass is 932 g/mol. The van der Waals surface area contributed by atoms with E-state index in [9.17, 15) is 35.1 Å². The van der Waals surface area contributed by atoms with Crippen LogP contribution in [0.2, 0.25) is 0 Å². The second-order valence-electron chi connectivity index (χ2n) is 20.5. The smallest absolute Gasteiger partial charge is 0.338 e. The molecule has 3 aliphatic heterocycles. The lowest BCUT2D eigenvalue weighted by Gasteiger charge is -2.67. The fourth-order valence-electron chi connectivity index (χ4n) is 13.2. The zero-order valence-corrected chi connectivity index (χ0v) is 39.8. The van der Waals surface area contributed by atoms with Crippen LogP contribution in [0.3, 0.4) is 0 Å². The fraction of sp³-hybridized carbons (Fsp3) is 0.796. The maximum atomic E-state index is 13.7. The Bertz CT molecular complexity index is 1950. The second kappa shape index (κ2) is 18.6. The lowest BCUT2D eigenvalue weighted by atomic mass is 9.42. The summed E-state index contributed by atoms with van der Waals surface area (Å²) in [6, 6.07) is 5.59. The Morgan fingerprint density at radius 2 is 1.27 bits per heavy atom. The van der Waals surface area contributed by atoms with Gasteiger partial charge < -0.3 is 72.9 Å². The molecule has 17 nitrogen and oxygen atoms in total. The van der Waals surface area contributed by atoms with Gasteiger partial charge >= 0.3 is 5.97 Å². The molecule has 3 saturated carbocycles. The van der Waals surface area contributed by atoms with Gasteiger partial charge in [0.15, 0.2) is 24.7 Å². The minimum absolute atomic E-state index is 0.0274. The normalized spacial score (nSPS) is 48.1. The number of benzene rings is 1. The molecule has 0 bridgehead atoms. The van der Waals surface area contributed by atoms with E-state index in [4.69, 9.17) is 47.4 Å². The molecule has 0 radical (unpaired) electrons. The number of rotatable bonds is 12. The van der Waals surface area contributed by atoms with Crippen molar-refractivity contribution >= 4 is 11.8 Å². The number of ketones is 1. The summed E-state index contributed by atoms with van der Waals surface area (Å²) in [6.45, 7) is 10.5. The minimum Gasteiger partial charge on any atom is -0.508 e. The van der Waals surface area contributed by atoms with Crippen molar-refractivity contribution in [3.63, 3.8) is 0 Å². The Balaban J connectivity index is 0.927. The van der Waals surface area contributed by atoms with Gasteiger partial charge in [0.1, 0.15) is 47.0 Å². The van der Waals surface area contributed by atoms with Crippen LogP contribution in [0.15, 0.2) is 35.9 Å². The van der Waals surface area contributed by atoms with E-state index >= 15 is 0 Å². The number of ether oxygens (including phenoxy) is 10. The van der Waals surface area contributed by atoms with Gasteiger partial charge in [-0.25, -0.2) is 4.79 Å². The third kappa shape index (κ3) is 8.18. The number of aromatic hydroxyl groups is 1. The minimum atomic E-state index is -2.07. The average molecular weight is 933 g/mol. The molecule has 8 rings (SSSR count). The predicted molar refractivity (Wildman–Crippen MR) is 233 cm³/mol. The van der Waals surface area contributed by atoms with Crippen LogP contribution in [0, 0.1) is 16.7 Å². The summed E-state index contributed by atoms with van der Waals surface area (Å²) in [5.41, 5.74) is -7.01. The fourth-order valence-corrected chi connectivity index (χ4v) is 13.2. The molecule has 3 heterocycles. The van der Waals surface area contributed by atoms with Crippen molar-refractivity contribution in [2.24, 2.45) is 16.7 Å². The lowest BCUT2D eigenvalue weighted by molar-refractivity contribution is -0.338. The molecule has 5 N–H and O–H groups in total. The molecule has 17 heteroatoms. The summed E-state index contributed by atoms with van der Waals surface area (Å²) in [5, 5.41) is 58.2. The van der Waals surface area contributed by atoms with E-state index in [0.29, 0.717) is 38.5 Å². The third-order valence-electron chi connectivity index (χ3n) is 17.2. The zero-order chi connectivity index (χ0) is 47.7. The highest BCUT2D eigenvalue weighted by molar-refractivity contribution is 5.90. The lowest BCUT2D eigenvalue weighted by Crippen LogP contribution is -2.78. The van der Waals surface area contributed by atoms with E-state index in [1.165, 1.54) is 31.2 Å². The van der Waals surface area contributed by atoms with Gasteiger partial charge in [-0.1, -0.05) is 18.6 Å². The summed E-state index contributed by atoms with van der Waals surface area (Å²) >= 11 is 0. The number of aliphatic hydroxyl groups is 4. The molecule has 370 valence electrons. The highest BCUT2D eigenvalue weighted by Crippen LogP contribution is 2.71. The molecule has 0 amide bonds. The number of phenolic OH excluding ortho intramolecular Hbond substituents is 1. The molecule has 66 heavy (non-hydrogen) atoms. The number of carbonyl (C=O) groups is 2. The number of phenols is 1. The van der Waals surface area contributed by atoms with Crippen LogP contribution in [0.5, 0.6) is 5.75 Å². The summed E-state index contributed by atoms with van der Waals surface area (Å²) in [7, 11) is 4.82. The first-order valence-corrected chi connectivity index (χ1v) is 23.7. The second-order valence-corrected chi connectivity index (χ2v) is 20.5. The van der Waals surface area contributed by atoms with Crippen molar-refractivity contribution in [3.8, 4) is 5.75 Å². The molecule has 3 saturated heterocycles. The van der Waals surface area contributed by atoms with Crippen molar-refractivity contribution < 1.29 is 82.5 Å². The maximum Gasteiger partial charge on any atom is 0.338 e. The van der Waals surface area contributed by atoms with Gasteiger partial charge in [-0.15, -0.1) is 0 Å². The Morgan fingerprint density at radius 1 is 0.727 bits per heavy atom. The summed E-state index contributed by atoms with van der Waals surface area (Å²) < 4.78 is 62.1. The van der Waals surface area contributed by atoms with E-state index in [2.05, 4.69) is 6.92 Å². The van der Waals surface area contributed by atoms with Gasteiger partial charge in [0.25, 0.3) is 0 Å². The molecule has 0 spiro atoms. The largest absolute Gasteiger partial charge is 0.508 e. The number of carbonyl (C=O) groups excluding carboxylic acids is 2. The number of methoxy groups -OCH3 is 3. The highest BCUT2D eigenvalue weighted by atomic mass is 16.7. The van der Waals surface area contributed by atoms with E-state index < -0.39 is 119 Å². The summed E-state index contributed by atoms with van der Waals surface area (Å²) in [4.78, 5) is 27.0. The van der Waals surface area contributed by atoms with Crippen molar-refractivity contribution in [1.82, 2.24) is 0 Å². The van der Waals surface area contributed by atoms with Gasteiger partial charge in [-0.3, -0.25) is 4.79 Å². The van der Waals surface area contributed by atoms with Crippen LogP contribution in [-0.4, -0.2) is 161 Å². The molecule has 1 aromatic carbocycles. The average Bonchev–Trinajstić information content (AvgIpc) is 3.51. The molecular weight excluding hydrogens is 861 g/mol. The van der Waals surface area contributed by atoms with Crippen LogP contribution < -0.4 is 0 Å². The van der Waals surface area contributed by atoms with Crippen LogP contribution >= 0.6 is 0 Å². The Labute approximate surface area is 387 Å². The quantitative estimate of drug-likeness (QED) is 0.147. The summed E-state index contributed by atoms with van der Waals surface area (Å²) in [5.74, 6) is -1.94. The highest BCUT2D eigenvalue weighted by Gasteiger charge is 2.81. The van der Waals surface area contributed by atoms with Crippen LogP contribution in [-0.2, 0) is 52.2 Å². The third-order valence-corrected chi connectivity index (χ3v) is 17.2. The number of hydrogen-bond acceptors (Lipinski definition) is 17. The van der Waals surface area contributed by atoms with Crippen molar-refractivity contribution in [3.05, 3.63) is 41.5 Å². The number of Topliss-reactive ketones (excluding diaryl/α,β-unsaturated/α-hetero) is 1. The molecule has 20 atom stereocenters. The van der Waals surface area contributed by atoms with Gasteiger partial charge in [-0.2, -0.15) is 0 Å². The Morgan fingerprint density at radius 3 is 1.83 bits per heavy atom. The van der Waals surface area contributed by atoms with E-state index in [1.54, 1.807) is 35.2 Å². The Kier molecular flexibility index (Phi) is 14.0. The van der Waals surface area contributed by atoms with Crippen LogP contribution in [0.1, 0.15) is 116 Å². The summed E-state index contributed by atoms with van der Waals surface area (Å²) in [6.07, 6.45) is -2.66. The van der Waals surface area contributed by atoms with E-state index in [1.807, 2.05) is 19.9 Å². The predicted octanol–water partition coefficient (Wildman–Crippen LogP) is 4.01. The van der Waals surface area contributed by atoms with Gasteiger partial charge in [0, 0.05) is 46.5 Å². The molecular formula is C49H72O17. The van der Waals surface area contributed by atoms with Crippen molar-refractivity contribution in [2.75, 3.05) is 21.3 Å². The first-order chi connectivity index (χ1) is 31.2. The van der Waals surface area contributed by atoms with Crippen LogP contribution in [0.25, 0.3) is 0 Å². The van der Waals surface area contributed by atoms with Gasteiger partial charge in [-0.05, 0) is 109 Å². The number of aliphatic hydroxyl groups excluding tert-OH is 1. The number of esters is 1. The van der Waals surface area contributed by atoms with Crippen molar-refractivity contribution in [1.29, 1.82) is 0 Å². The first-order valence-electron chi connectivity index (χ1n) is 23.7. The maximum absolute atomic E-state index is 13.7. The number of hydrogen-bond donors (Lipinski definition) is 5. The number of fused-ring (bicyclic) bond motifs is 5. The van der Waals surface area contributed by atoms with Crippen molar-refractivity contribution in [2.45, 2.75) is 209 Å². The van der Waals surface area contributed by atoms with Crippen LogP contribution in [0.4, 0.5) is 0 Å². The molecule has 6 fully saturated rings. The Hall–Kier alpha value is -2.62. The topological polar surface area (TPSA) is 228 Å². The standard InChI is InChI=1S/C49H72O17/c1-25-41(52)33(57-7)21-39(60-25)65-43-27(3)62-40(23-35(43)59-9)66-42-26(2)61-38(22-34(42)58-8)63-32-15-16-45(5)30(20-32)14-17-48(55)36(45)24-37(64-44(53)29-10-12-31(51)13-11-29)46(6)47(54,28(4)50)18-19-49(46,48)56/h10-14,25-27,32-43,51-52,54-56H,15-24H2,1-9H3/t25-,26-,27-,32-,33-,34-,35-,36-,37+,38-,39+,40-,41+,42+,43+,45-,46+,47+,48+,49+/m0/s1. The molecule has 0 unspecified atom stereocenters. The van der Waals surface area contributed by atoms with Gasteiger partial charge in [0.2, 0.25) is 0 Å². The zero-order valence-electron chi connectivity index (χ0n) is 39.8. The molecule has 4 aliphatic carbocycles. The molecule has 0 aromatic heterocycles. The first kappa shape index (κ1) is 49.8. The van der Waals surface area contributed by atoms with Gasteiger partial charge in [0.05, 0.1) is 53.7 Å². The van der Waals surface area contributed by atoms with E-state index in [0.717, 1.165) is 5.57 Å². The van der Waals surface area contributed by atoms with E-state index in [-0.39, 0.29) is 49.2 Å². The molecule has 7 aliphatic rings. The SMILES string of the molecule is CO[C@H]1C[C@@H](O[C@@H]2[C@H](C)O[C@@H](O[C@@H]3[C@H](C)O[C@@H](O[C@H]4CC[C@@]5(C)C(=CC[C@@]6(O)[C@H]5C[C@@H](OC(=O)c5ccc(O)cc5)[C@@]5(C)[C@]6(O)CC[C@@]5(O)C(C)=O)C4)C[C@@H]3OC)C[C@@H]2OC)O[C@@H](C)[C@H]1O. The molecule has 1 aromatic rings.